The van der Waals surface area contributed by atoms with Crippen LogP contribution in [0.1, 0.15) is 5.56 Å². The van der Waals surface area contributed by atoms with Gasteiger partial charge >= 0.3 is 0 Å². The first-order valence-corrected chi connectivity index (χ1v) is 9.53. The van der Waals surface area contributed by atoms with Crippen molar-refractivity contribution in [1.82, 2.24) is 9.97 Å². The first-order valence-electron chi connectivity index (χ1n) is 7.11. The molecule has 0 aliphatic carbocycles. The molecule has 0 unspecified atom stereocenters. The number of hydrogen-bond donors (Lipinski definition) is 2. The van der Waals surface area contributed by atoms with Crippen LogP contribution in [0.4, 0.5) is 5.82 Å². The molecule has 0 bridgehead atoms. The summed E-state index contributed by atoms with van der Waals surface area (Å²) in [5, 5.41) is 11.4. The molecule has 24 heavy (non-hydrogen) atoms. The summed E-state index contributed by atoms with van der Waals surface area (Å²) in [4.78, 5) is 9.36. The van der Waals surface area contributed by atoms with Crippen molar-refractivity contribution in [2.45, 2.75) is 11.3 Å². The largest absolute Gasteiger partial charge is 0.495 e. The second-order valence-corrected chi connectivity index (χ2v) is 7.49. The molecule has 2 aromatic heterocycles. The minimum absolute atomic E-state index is 0.00948. The van der Waals surface area contributed by atoms with Gasteiger partial charge in [-0.3, -0.25) is 0 Å². The first-order chi connectivity index (χ1) is 11.5. The highest BCUT2D eigenvalue weighted by atomic mass is 32.2. The first kappa shape index (κ1) is 16.6. The molecule has 3 aromatic rings. The second kappa shape index (κ2) is 6.71. The molecule has 126 valence electrons. The van der Waals surface area contributed by atoms with E-state index in [-0.39, 0.29) is 10.6 Å². The minimum atomic E-state index is -3.83. The Morgan fingerprint density at radius 3 is 2.88 bits per heavy atom. The summed E-state index contributed by atoms with van der Waals surface area (Å²) < 4.78 is 28.3. The van der Waals surface area contributed by atoms with E-state index in [0.29, 0.717) is 13.0 Å². The number of rotatable bonds is 6. The van der Waals surface area contributed by atoms with Gasteiger partial charge in [0.25, 0.3) is 0 Å². The highest BCUT2D eigenvalue weighted by molar-refractivity contribution is 7.89. The topological polar surface area (TPSA) is 107 Å². The number of nitrogens with one attached hydrogen (secondary N) is 1. The van der Waals surface area contributed by atoms with Gasteiger partial charge in [-0.25, -0.2) is 23.5 Å². The van der Waals surface area contributed by atoms with E-state index in [0.717, 1.165) is 21.6 Å². The SMILES string of the molecule is COc1ccc(CCNc2ncnc3sccc23)cc1S(N)(=O)=O. The number of primary sulfonamides is 1. The Hall–Kier alpha value is -2.23. The maximum Gasteiger partial charge on any atom is 0.241 e. The molecule has 0 aliphatic rings. The normalized spacial score (nSPS) is 11.6. The molecule has 1 aromatic carbocycles. The number of hydrogen-bond acceptors (Lipinski definition) is 7. The van der Waals surface area contributed by atoms with Crippen LogP contribution in [0.15, 0.2) is 40.9 Å². The average molecular weight is 364 g/mol. The third-order valence-corrected chi connectivity index (χ3v) is 5.26. The van der Waals surface area contributed by atoms with Crippen molar-refractivity contribution in [3.05, 3.63) is 41.5 Å². The predicted molar refractivity (Wildman–Crippen MR) is 94.0 cm³/mol. The lowest BCUT2D eigenvalue weighted by Crippen LogP contribution is -2.14. The van der Waals surface area contributed by atoms with Crippen LogP contribution in [0.3, 0.4) is 0 Å². The zero-order valence-corrected chi connectivity index (χ0v) is 14.5. The summed E-state index contributed by atoms with van der Waals surface area (Å²) in [7, 11) is -2.42. The van der Waals surface area contributed by atoms with Crippen LogP contribution >= 0.6 is 11.3 Å². The molecular weight excluding hydrogens is 348 g/mol. The van der Waals surface area contributed by atoms with Crippen molar-refractivity contribution in [3.8, 4) is 5.75 Å². The van der Waals surface area contributed by atoms with Crippen LogP contribution in [0.2, 0.25) is 0 Å². The van der Waals surface area contributed by atoms with Gasteiger partial charge in [-0.2, -0.15) is 0 Å². The fourth-order valence-corrected chi connectivity index (χ4v) is 3.84. The average Bonchev–Trinajstić information content (AvgIpc) is 3.03. The summed E-state index contributed by atoms with van der Waals surface area (Å²) in [5.41, 5.74) is 0.836. The summed E-state index contributed by atoms with van der Waals surface area (Å²) in [6.45, 7) is 0.596. The second-order valence-electron chi connectivity index (χ2n) is 5.07. The third-order valence-electron chi connectivity index (χ3n) is 3.50. The number of aromatic nitrogens is 2. The lowest BCUT2D eigenvalue weighted by atomic mass is 10.1. The van der Waals surface area contributed by atoms with Crippen LogP contribution in [0.5, 0.6) is 5.75 Å². The van der Waals surface area contributed by atoms with E-state index in [1.165, 1.54) is 19.5 Å². The van der Waals surface area contributed by atoms with Gasteiger partial charge in [0.15, 0.2) is 0 Å². The molecule has 0 atom stereocenters. The summed E-state index contributed by atoms with van der Waals surface area (Å²) in [6, 6.07) is 6.93. The molecular formula is C15H16N4O3S2. The van der Waals surface area contributed by atoms with E-state index in [1.54, 1.807) is 17.4 Å². The number of sulfonamides is 1. The fraction of sp³-hybridized carbons (Fsp3) is 0.200. The molecule has 9 heteroatoms. The Morgan fingerprint density at radius 2 is 2.12 bits per heavy atom. The van der Waals surface area contributed by atoms with E-state index in [9.17, 15) is 8.42 Å². The monoisotopic (exact) mass is 364 g/mol. The predicted octanol–water partition coefficient (Wildman–Crippen LogP) is 2.00. The van der Waals surface area contributed by atoms with Crippen LogP contribution in [0.25, 0.3) is 10.2 Å². The maximum atomic E-state index is 11.6. The van der Waals surface area contributed by atoms with Gasteiger partial charge in [0.05, 0.1) is 12.5 Å². The Kier molecular flexibility index (Phi) is 4.65. The number of nitrogens with two attached hydrogens (primary N) is 1. The van der Waals surface area contributed by atoms with Crippen LogP contribution in [-0.4, -0.2) is 32.0 Å². The lowest BCUT2D eigenvalue weighted by Gasteiger charge is -2.10. The van der Waals surface area contributed by atoms with E-state index < -0.39 is 10.0 Å². The molecule has 2 heterocycles. The number of fused-ring (bicyclic) bond motifs is 1. The molecule has 0 spiro atoms. The standard InChI is InChI=1S/C15H16N4O3S2/c1-22-12-3-2-10(8-13(12)24(16,20)21)4-6-17-14-11-5-7-23-15(11)19-9-18-14/h2-3,5,7-9H,4,6H2,1H3,(H2,16,20,21)(H,17,18,19). The van der Waals surface area contributed by atoms with Gasteiger partial charge in [0.2, 0.25) is 10.0 Å². The zero-order chi connectivity index (χ0) is 17.2. The summed E-state index contributed by atoms with van der Waals surface area (Å²) >= 11 is 1.55. The van der Waals surface area contributed by atoms with Crippen LogP contribution in [0, 0.1) is 0 Å². The number of benzene rings is 1. The van der Waals surface area contributed by atoms with Crippen LogP contribution < -0.4 is 15.2 Å². The molecule has 3 rings (SSSR count). The van der Waals surface area contributed by atoms with Crippen molar-refractivity contribution in [1.29, 1.82) is 0 Å². The van der Waals surface area contributed by atoms with Crippen molar-refractivity contribution in [2.75, 3.05) is 19.0 Å². The molecule has 0 saturated heterocycles. The van der Waals surface area contributed by atoms with E-state index >= 15 is 0 Å². The van der Waals surface area contributed by atoms with Crippen LogP contribution in [-0.2, 0) is 16.4 Å². The third kappa shape index (κ3) is 3.48. The highest BCUT2D eigenvalue weighted by Crippen LogP contribution is 2.25. The van der Waals surface area contributed by atoms with Crippen molar-refractivity contribution < 1.29 is 13.2 Å². The van der Waals surface area contributed by atoms with Gasteiger partial charge in [-0.15, -0.1) is 11.3 Å². The van der Waals surface area contributed by atoms with Crippen molar-refractivity contribution >= 4 is 37.4 Å². The van der Waals surface area contributed by atoms with Crippen molar-refractivity contribution in [2.24, 2.45) is 5.14 Å². The van der Waals surface area contributed by atoms with E-state index in [2.05, 4.69) is 15.3 Å². The van der Waals surface area contributed by atoms with E-state index in [1.807, 2.05) is 17.5 Å². The summed E-state index contributed by atoms with van der Waals surface area (Å²) in [6.07, 6.45) is 2.13. The smallest absolute Gasteiger partial charge is 0.241 e. The summed E-state index contributed by atoms with van der Waals surface area (Å²) in [5.74, 6) is 1.01. The maximum absolute atomic E-state index is 11.6. The van der Waals surface area contributed by atoms with Gasteiger partial charge < -0.3 is 10.1 Å². The minimum Gasteiger partial charge on any atom is -0.495 e. The zero-order valence-electron chi connectivity index (χ0n) is 12.9. The molecule has 0 fully saturated rings. The number of nitrogens with zero attached hydrogens (tertiary/aromatic N) is 2. The number of methoxy groups -OCH3 is 1. The number of anilines is 1. The molecule has 0 radical (unpaired) electrons. The Morgan fingerprint density at radius 1 is 1.29 bits per heavy atom. The Bertz CT molecular complexity index is 970. The van der Waals surface area contributed by atoms with Gasteiger partial charge in [-0.05, 0) is 35.6 Å². The number of ether oxygens (including phenoxy) is 1. The molecule has 3 N–H and O–H groups in total. The van der Waals surface area contributed by atoms with Crippen molar-refractivity contribution in [3.63, 3.8) is 0 Å². The molecule has 0 amide bonds. The van der Waals surface area contributed by atoms with E-state index in [4.69, 9.17) is 9.88 Å². The highest BCUT2D eigenvalue weighted by Gasteiger charge is 2.15. The number of thiophene rings is 1. The fourth-order valence-electron chi connectivity index (χ4n) is 2.36. The van der Waals surface area contributed by atoms with Gasteiger partial charge in [0.1, 0.15) is 27.6 Å². The quantitative estimate of drug-likeness (QED) is 0.693. The van der Waals surface area contributed by atoms with Gasteiger partial charge in [-0.1, -0.05) is 6.07 Å². The molecule has 0 aliphatic heterocycles. The Balaban J connectivity index is 1.74. The molecule has 0 saturated carbocycles. The molecule has 7 nitrogen and oxygen atoms in total. The Labute approximate surface area is 143 Å². The van der Waals surface area contributed by atoms with Gasteiger partial charge in [0, 0.05) is 6.54 Å². The lowest BCUT2D eigenvalue weighted by molar-refractivity contribution is 0.402.